The summed E-state index contributed by atoms with van der Waals surface area (Å²) in [4.78, 5) is 4.23. The molecule has 0 aliphatic heterocycles. The quantitative estimate of drug-likeness (QED) is 0.750. The Labute approximate surface area is 93.9 Å². The van der Waals surface area contributed by atoms with Crippen LogP contribution in [0.2, 0.25) is 0 Å². The standard InChI is InChI=1S/C12H13N3O/c1-16-12-7-9(13)8(6-10(12)14)11-4-2-3-5-15-11/h2-7H,13-14H2,1H3. The molecule has 0 amide bonds. The van der Waals surface area contributed by atoms with Crippen LogP contribution in [0.4, 0.5) is 11.4 Å². The molecule has 82 valence electrons. The second-order valence-electron chi connectivity index (χ2n) is 3.40. The lowest BCUT2D eigenvalue weighted by molar-refractivity contribution is 0.417. The molecule has 0 aliphatic carbocycles. The van der Waals surface area contributed by atoms with E-state index < -0.39 is 0 Å². The van der Waals surface area contributed by atoms with E-state index in [9.17, 15) is 0 Å². The molecule has 1 aromatic heterocycles. The van der Waals surface area contributed by atoms with Crippen molar-refractivity contribution in [1.82, 2.24) is 4.98 Å². The number of nitrogens with two attached hydrogens (primary N) is 2. The van der Waals surface area contributed by atoms with Gasteiger partial charge in [0.1, 0.15) is 5.75 Å². The SMILES string of the molecule is COc1cc(N)c(-c2ccccn2)cc1N. The summed E-state index contributed by atoms with van der Waals surface area (Å²) in [5.41, 5.74) is 14.5. The minimum Gasteiger partial charge on any atom is -0.495 e. The van der Waals surface area contributed by atoms with Crippen LogP contribution in [0.15, 0.2) is 36.5 Å². The van der Waals surface area contributed by atoms with Crippen LogP contribution in [0.25, 0.3) is 11.3 Å². The van der Waals surface area contributed by atoms with Gasteiger partial charge in [-0.25, -0.2) is 0 Å². The monoisotopic (exact) mass is 215 g/mol. The molecule has 0 saturated carbocycles. The second kappa shape index (κ2) is 4.10. The highest BCUT2D eigenvalue weighted by atomic mass is 16.5. The van der Waals surface area contributed by atoms with E-state index in [2.05, 4.69) is 4.98 Å². The Morgan fingerprint density at radius 1 is 1.12 bits per heavy atom. The number of nitrogen functional groups attached to an aromatic ring is 2. The molecule has 16 heavy (non-hydrogen) atoms. The third-order valence-electron chi connectivity index (χ3n) is 2.34. The molecule has 4 N–H and O–H groups in total. The molecule has 0 aliphatic rings. The molecule has 1 heterocycles. The van der Waals surface area contributed by atoms with Gasteiger partial charge in [-0.1, -0.05) is 6.07 Å². The molecule has 0 bridgehead atoms. The lowest BCUT2D eigenvalue weighted by Gasteiger charge is -2.10. The molecule has 4 nitrogen and oxygen atoms in total. The average Bonchev–Trinajstić information content (AvgIpc) is 2.32. The van der Waals surface area contributed by atoms with E-state index in [0.29, 0.717) is 17.1 Å². The number of hydrogen-bond donors (Lipinski definition) is 2. The first-order chi connectivity index (χ1) is 7.72. The van der Waals surface area contributed by atoms with E-state index in [4.69, 9.17) is 16.2 Å². The van der Waals surface area contributed by atoms with Gasteiger partial charge in [-0.2, -0.15) is 0 Å². The molecule has 0 spiro atoms. The van der Waals surface area contributed by atoms with Crippen LogP contribution < -0.4 is 16.2 Å². The highest BCUT2D eigenvalue weighted by Gasteiger charge is 2.08. The fraction of sp³-hybridized carbons (Fsp3) is 0.0833. The molecule has 0 saturated heterocycles. The summed E-state index contributed by atoms with van der Waals surface area (Å²) < 4.78 is 5.09. The maximum atomic E-state index is 5.92. The molecule has 4 heteroatoms. The van der Waals surface area contributed by atoms with Crippen LogP contribution in [0.3, 0.4) is 0 Å². The average molecular weight is 215 g/mol. The first-order valence-electron chi connectivity index (χ1n) is 4.86. The van der Waals surface area contributed by atoms with Crippen molar-refractivity contribution in [3.63, 3.8) is 0 Å². The van der Waals surface area contributed by atoms with E-state index >= 15 is 0 Å². The van der Waals surface area contributed by atoms with Crippen LogP contribution >= 0.6 is 0 Å². The van der Waals surface area contributed by atoms with Gasteiger partial charge in [-0.15, -0.1) is 0 Å². The summed E-state index contributed by atoms with van der Waals surface area (Å²) in [6.07, 6.45) is 1.72. The zero-order chi connectivity index (χ0) is 11.5. The topological polar surface area (TPSA) is 74.2 Å². The van der Waals surface area contributed by atoms with E-state index in [1.54, 1.807) is 25.4 Å². The Kier molecular flexibility index (Phi) is 2.64. The largest absolute Gasteiger partial charge is 0.495 e. The second-order valence-corrected chi connectivity index (χ2v) is 3.40. The molecule has 0 unspecified atom stereocenters. The van der Waals surface area contributed by atoms with Gasteiger partial charge in [-0.05, 0) is 18.2 Å². The molecule has 0 radical (unpaired) electrons. The molecule has 0 fully saturated rings. The Morgan fingerprint density at radius 2 is 1.94 bits per heavy atom. The summed E-state index contributed by atoms with van der Waals surface area (Å²) in [5, 5.41) is 0. The number of nitrogens with zero attached hydrogens (tertiary/aromatic N) is 1. The van der Waals surface area contributed by atoms with Gasteiger partial charge in [0, 0.05) is 23.5 Å². The van der Waals surface area contributed by atoms with Crippen molar-refractivity contribution in [3.05, 3.63) is 36.5 Å². The normalized spacial score (nSPS) is 10.1. The van der Waals surface area contributed by atoms with Gasteiger partial charge in [0.2, 0.25) is 0 Å². The van der Waals surface area contributed by atoms with Crippen molar-refractivity contribution in [2.75, 3.05) is 18.6 Å². The van der Waals surface area contributed by atoms with Gasteiger partial charge in [0.15, 0.2) is 0 Å². The minimum atomic E-state index is 0.553. The highest BCUT2D eigenvalue weighted by molar-refractivity contribution is 5.80. The molecule has 2 aromatic rings. The molecular weight excluding hydrogens is 202 g/mol. The van der Waals surface area contributed by atoms with Crippen LogP contribution in [0, 0.1) is 0 Å². The Hall–Kier alpha value is -2.23. The number of methoxy groups -OCH3 is 1. The van der Waals surface area contributed by atoms with Crippen LogP contribution in [0.5, 0.6) is 5.75 Å². The maximum absolute atomic E-state index is 5.92. The van der Waals surface area contributed by atoms with E-state index in [0.717, 1.165) is 11.3 Å². The molecule has 0 atom stereocenters. The minimum absolute atomic E-state index is 0.553. The number of benzene rings is 1. The number of anilines is 2. The number of aromatic nitrogens is 1. The van der Waals surface area contributed by atoms with Crippen LogP contribution in [0.1, 0.15) is 0 Å². The van der Waals surface area contributed by atoms with Gasteiger partial charge >= 0.3 is 0 Å². The number of hydrogen-bond acceptors (Lipinski definition) is 4. The zero-order valence-electron chi connectivity index (χ0n) is 8.97. The Morgan fingerprint density at radius 3 is 2.56 bits per heavy atom. The Bertz CT molecular complexity index is 497. The fourth-order valence-electron chi connectivity index (χ4n) is 1.53. The molecule has 1 aromatic carbocycles. The van der Waals surface area contributed by atoms with Crippen LogP contribution in [-0.4, -0.2) is 12.1 Å². The zero-order valence-corrected chi connectivity index (χ0v) is 8.97. The third kappa shape index (κ3) is 1.77. The summed E-state index contributed by atoms with van der Waals surface area (Å²) in [6, 6.07) is 9.13. The van der Waals surface area contributed by atoms with Crippen molar-refractivity contribution >= 4 is 11.4 Å². The van der Waals surface area contributed by atoms with Crippen molar-refractivity contribution in [3.8, 4) is 17.0 Å². The highest BCUT2D eigenvalue weighted by Crippen LogP contribution is 2.32. The lowest BCUT2D eigenvalue weighted by atomic mass is 10.1. The van der Waals surface area contributed by atoms with E-state index in [1.165, 1.54) is 0 Å². The lowest BCUT2D eigenvalue weighted by Crippen LogP contribution is -1.98. The predicted octanol–water partition coefficient (Wildman–Crippen LogP) is 1.92. The smallest absolute Gasteiger partial charge is 0.143 e. The first-order valence-corrected chi connectivity index (χ1v) is 4.86. The van der Waals surface area contributed by atoms with Crippen molar-refractivity contribution in [1.29, 1.82) is 0 Å². The van der Waals surface area contributed by atoms with Crippen molar-refractivity contribution < 1.29 is 4.74 Å². The van der Waals surface area contributed by atoms with E-state index in [-0.39, 0.29) is 0 Å². The summed E-state index contributed by atoms with van der Waals surface area (Å²) in [6.45, 7) is 0. The van der Waals surface area contributed by atoms with E-state index in [1.807, 2.05) is 18.2 Å². The number of pyridine rings is 1. The maximum Gasteiger partial charge on any atom is 0.143 e. The first kappa shape index (κ1) is 10.3. The number of rotatable bonds is 2. The predicted molar refractivity (Wildman–Crippen MR) is 65.0 cm³/mol. The Balaban J connectivity index is 2.55. The number of ether oxygens (including phenoxy) is 1. The summed E-state index contributed by atoms with van der Waals surface area (Å²) >= 11 is 0. The molecule has 2 rings (SSSR count). The van der Waals surface area contributed by atoms with Gasteiger partial charge in [-0.3, -0.25) is 4.98 Å². The summed E-state index contributed by atoms with van der Waals surface area (Å²) in [7, 11) is 1.56. The van der Waals surface area contributed by atoms with Crippen LogP contribution in [-0.2, 0) is 0 Å². The third-order valence-corrected chi connectivity index (χ3v) is 2.34. The summed E-state index contributed by atoms with van der Waals surface area (Å²) in [5.74, 6) is 0.581. The fourth-order valence-corrected chi connectivity index (χ4v) is 1.53. The molecular formula is C12H13N3O. The van der Waals surface area contributed by atoms with Gasteiger partial charge < -0.3 is 16.2 Å². The van der Waals surface area contributed by atoms with Crippen molar-refractivity contribution in [2.45, 2.75) is 0 Å². The van der Waals surface area contributed by atoms with Gasteiger partial charge in [0.05, 0.1) is 18.5 Å². The van der Waals surface area contributed by atoms with Gasteiger partial charge in [0.25, 0.3) is 0 Å². The van der Waals surface area contributed by atoms with Crippen molar-refractivity contribution in [2.24, 2.45) is 0 Å².